The van der Waals surface area contributed by atoms with Crippen LogP contribution in [-0.2, 0) is 4.79 Å². The summed E-state index contributed by atoms with van der Waals surface area (Å²) in [6, 6.07) is 0. The van der Waals surface area contributed by atoms with Crippen LogP contribution in [0.4, 0.5) is 0 Å². The smallest absolute Gasteiger partial charge is 0.225 e. The highest BCUT2D eigenvalue weighted by Gasteiger charge is 2.44. The predicted molar refractivity (Wildman–Crippen MR) is 76.3 cm³/mol. The molecule has 0 spiro atoms. The highest BCUT2D eigenvalue weighted by atomic mass is 35.5. The van der Waals surface area contributed by atoms with Crippen molar-refractivity contribution in [2.45, 2.75) is 44.1 Å². The quantitative estimate of drug-likeness (QED) is 0.762. The van der Waals surface area contributed by atoms with Crippen LogP contribution in [0.1, 0.15) is 38.5 Å². The van der Waals surface area contributed by atoms with Crippen LogP contribution in [0, 0.1) is 11.8 Å². The van der Waals surface area contributed by atoms with E-state index in [1.807, 2.05) is 4.90 Å². The van der Waals surface area contributed by atoms with E-state index in [1.54, 1.807) is 0 Å². The molecule has 5 heteroatoms. The number of fused-ring (bicyclic) bond motifs is 1. The largest absolute Gasteiger partial charge is 0.389 e. The molecule has 4 nitrogen and oxygen atoms in total. The molecule has 2 N–H and O–H groups in total. The fourth-order valence-corrected chi connectivity index (χ4v) is 3.86. The maximum absolute atomic E-state index is 12.4. The molecular weight excluding hydrogens is 264 g/mol. The Labute approximate surface area is 121 Å². The lowest BCUT2D eigenvalue weighted by Gasteiger charge is -2.48. The van der Waals surface area contributed by atoms with E-state index in [2.05, 4.69) is 5.32 Å². The Balaban J connectivity index is 0.00000133. The van der Waals surface area contributed by atoms with E-state index in [0.29, 0.717) is 5.91 Å². The van der Waals surface area contributed by atoms with Crippen LogP contribution in [0.15, 0.2) is 0 Å². The van der Waals surface area contributed by atoms with Gasteiger partial charge in [0.05, 0.1) is 5.60 Å². The lowest BCUT2D eigenvalue weighted by atomic mass is 9.76. The zero-order valence-electron chi connectivity index (χ0n) is 11.4. The molecule has 0 radical (unpaired) electrons. The molecule has 2 atom stereocenters. The number of hydrogen-bond acceptors (Lipinski definition) is 3. The standard InChI is InChI=1S/C14H24N2O2.ClH/c17-13(11-3-1-2-4-11)16-8-6-14(18)5-7-15-9-12(14)10-16;/h11-12,15,18H,1-10H2;1H. The van der Waals surface area contributed by atoms with Gasteiger partial charge in [0, 0.05) is 31.5 Å². The second-order valence-electron chi connectivity index (χ2n) is 6.27. The number of rotatable bonds is 1. The van der Waals surface area contributed by atoms with Gasteiger partial charge in [0.1, 0.15) is 0 Å². The van der Waals surface area contributed by atoms with Gasteiger partial charge in [-0.3, -0.25) is 4.79 Å². The number of nitrogens with zero attached hydrogens (tertiary/aromatic N) is 1. The molecule has 2 unspecified atom stereocenters. The van der Waals surface area contributed by atoms with Gasteiger partial charge < -0.3 is 15.3 Å². The number of aliphatic hydroxyl groups is 1. The average molecular weight is 289 g/mol. The van der Waals surface area contributed by atoms with E-state index in [9.17, 15) is 9.90 Å². The third-order valence-corrected chi connectivity index (χ3v) is 5.16. The van der Waals surface area contributed by atoms with Crippen molar-refractivity contribution in [2.24, 2.45) is 11.8 Å². The first-order valence-corrected chi connectivity index (χ1v) is 7.41. The summed E-state index contributed by atoms with van der Waals surface area (Å²) in [6.45, 7) is 3.26. The number of piperidine rings is 2. The number of hydrogen-bond donors (Lipinski definition) is 2. The maximum atomic E-state index is 12.4. The molecule has 0 aromatic carbocycles. The van der Waals surface area contributed by atoms with Gasteiger partial charge in [-0.15, -0.1) is 12.4 Å². The summed E-state index contributed by atoms with van der Waals surface area (Å²) >= 11 is 0. The third-order valence-electron chi connectivity index (χ3n) is 5.16. The lowest BCUT2D eigenvalue weighted by molar-refractivity contribution is -0.146. The fourth-order valence-electron chi connectivity index (χ4n) is 3.86. The molecule has 0 aromatic heterocycles. The number of nitrogens with one attached hydrogen (secondary N) is 1. The molecule has 1 amide bonds. The van der Waals surface area contributed by atoms with Crippen molar-refractivity contribution in [1.82, 2.24) is 10.2 Å². The Morgan fingerprint density at radius 2 is 2.00 bits per heavy atom. The van der Waals surface area contributed by atoms with Crippen molar-refractivity contribution in [2.75, 3.05) is 26.2 Å². The molecule has 1 aliphatic carbocycles. The van der Waals surface area contributed by atoms with E-state index in [0.717, 1.165) is 51.9 Å². The molecule has 3 aliphatic rings. The van der Waals surface area contributed by atoms with Crippen LogP contribution in [0.3, 0.4) is 0 Å². The summed E-state index contributed by atoms with van der Waals surface area (Å²) < 4.78 is 0. The van der Waals surface area contributed by atoms with Gasteiger partial charge in [-0.25, -0.2) is 0 Å². The molecule has 2 saturated heterocycles. The van der Waals surface area contributed by atoms with Crippen molar-refractivity contribution < 1.29 is 9.90 Å². The normalized spacial score (nSPS) is 35.6. The monoisotopic (exact) mass is 288 g/mol. The summed E-state index contributed by atoms with van der Waals surface area (Å²) in [5.74, 6) is 0.846. The number of carbonyl (C=O) groups excluding carboxylic acids is 1. The van der Waals surface area contributed by atoms with Crippen molar-refractivity contribution in [3.63, 3.8) is 0 Å². The van der Waals surface area contributed by atoms with Gasteiger partial charge in [-0.2, -0.15) is 0 Å². The summed E-state index contributed by atoms with van der Waals surface area (Å²) in [6.07, 6.45) is 6.16. The molecule has 2 aliphatic heterocycles. The van der Waals surface area contributed by atoms with Crippen molar-refractivity contribution in [1.29, 1.82) is 0 Å². The van der Waals surface area contributed by atoms with Crippen LogP contribution < -0.4 is 5.32 Å². The number of carbonyl (C=O) groups is 1. The van der Waals surface area contributed by atoms with Crippen molar-refractivity contribution >= 4 is 18.3 Å². The Morgan fingerprint density at radius 3 is 2.74 bits per heavy atom. The molecule has 2 heterocycles. The van der Waals surface area contributed by atoms with Gasteiger partial charge in [0.15, 0.2) is 0 Å². The highest BCUT2D eigenvalue weighted by molar-refractivity contribution is 5.85. The average Bonchev–Trinajstić information content (AvgIpc) is 2.90. The van der Waals surface area contributed by atoms with E-state index in [4.69, 9.17) is 0 Å². The number of amides is 1. The minimum absolute atomic E-state index is 0. The van der Waals surface area contributed by atoms with E-state index < -0.39 is 5.60 Å². The van der Waals surface area contributed by atoms with Crippen LogP contribution in [-0.4, -0.2) is 47.7 Å². The van der Waals surface area contributed by atoms with Crippen molar-refractivity contribution in [3.05, 3.63) is 0 Å². The van der Waals surface area contributed by atoms with Crippen LogP contribution >= 0.6 is 12.4 Å². The maximum Gasteiger partial charge on any atom is 0.225 e. The molecule has 0 aromatic rings. The summed E-state index contributed by atoms with van der Waals surface area (Å²) in [4.78, 5) is 14.4. The summed E-state index contributed by atoms with van der Waals surface area (Å²) in [7, 11) is 0. The Bertz CT molecular complexity index is 333. The van der Waals surface area contributed by atoms with Gasteiger partial charge >= 0.3 is 0 Å². The predicted octanol–water partition coefficient (Wildman–Crippen LogP) is 1.17. The Kier molecular flexibility index (Phi) is 4.75. The van der Waals surface area contributed by atoms with Gasteiger partial charge in [0.2, 0.25) is 5.91 Å². The number of halogens is 1. The highest BCUT2D eigenvalue weighted by Crippen LogP contribution is 2.35. The van der Waals surface area contributed by atoms with Gasteiger partial charge in [0.25, 0.3) is 0 Å². The third kappa shape index (κ3) is 2.91. The van der Waals surface area contributed by atoms with Crippen LogP contribution in [0.2, 0.25) is 0 Å². The van der Waals surface area contributed by atoms with Crippen LogP contribution in [0.5, 0.6) is 0 Å². The van der Waals surface area contributed by atoms with E-state index in [-0.39, 0.29) is 24.2 Å². The lowest BCUT2D eigenvalue weighted by Crippen LogP contribution is -2.60. The van der Waals surface area contributed by atoms with E-state index >= 15 is 0 Å². The molecule has 19 heavy (non-hydrogen) atoms. The van der Waals surface area contributed by atoms with Crippen LogP contribution in [0.25, 0.3) is 0 Å². The van der Waals surface area contributed by atoms with Crippen molar-refractivity contribution in [3.8, 4) is 0 Å². The molecule has 3 rings (SSSR count). The number of likely N-dealkylation sites (tertiary alicyclic amines) is 1. The molecule has 0 bridgehead atoms. The van der Waals surface area contributed by atoms with E-state index in [1.165, 1.54) is 12.8 Å². The second kappa shape index (κ2) is 5.98. The SMILES string of the molecule is Cl.O=C(C1CCCC1)N1CCC2(O)CCNCC2C1. The van der Waals surface area contributed by atoms with Gasteiger partial charge in [-0.05, 0) is 32.2 Å². The Morgan fingerprint density at radius 1 is 1.26 bits per heavy atom. The summed E-state index contributed by atoms with van der Waals surface area (Å²) in [5.41, 5.74) is -0.516. The molecular formula is C14H25ClN2O2. The zero-order chi connectivity index (χ0) is 12.6. The molecule has 110 valence electrons. The minimum atomic E-state index is -0.516. The molecule has 1 saturated carbocycles. The Hall–Kier alpha value is -0.320. The first kappa shape index (κ1) is 15.1. The first-order valence-electron chi connectivity index (χ1n) is 7.41. The topological polar surface area (TPSA) is 52.6 Å². The van der Waals surface area contributed by atoms with Gasteiger partial charge in [-0.1, -0.05) is 12.8 Å². The summed E-state index contributed by atoms with van der Waals surface area (Å²) in [5, 5.41) is 13.9. The second-order valence-corrected chi connectivity index (χ2v) is 6.27. The minimum Gasteiger partial charge on any atom is -0.389 e. The fraction of sp³-hybridized carbons (Fsp3) is 0.929. The first-order chi connectivity index (χ1) is 8.69. The molecule has 3 fully saturated rings. The zero-order valence-corrected chi connectivity index (χ0v) is 12.3.